The molecule has 2 heterocycles. The van der Waals surface area contributed by atoms with Gasteiger partial charge in [-0.2, -0.15) is 5.26 Å². The topological polar surface area (TPSA) is 37.4 Å². The van der Waals surface area contributed by atoms with E-state index in [9.17, 15) is 5.26 Å². The molecule has 0 amide bonds. The quantitative estimate of drug-likeness (QED) is 0.289. The van der Waals surface area contributed by atoms with Gasteiger partial charge in [-0.1, -0.05) is 84.4 Å². The minimum atomic E-state index is 0.366. The Balaban J connectivity index is 1.79. The lowest BCUT2D eigenvalue weighted by Gasteiger charge is -2.11. The van der Waals surface area contributed by atoms with Crippen molar-refractivity contribution in [1.82, 2.24) is 4.40 Å². The van der Waals surface area contributed by atoms with Gasteiger partial charge in [-0.15, -0.1) is 0 Å². The minimum Gasteiger partial charge on any atom is -0.486 e. The number of pyridine rings is 1. The number of benzene rings is 3. The van der Waals surface area contributed by atoms with E-state index in [1.54, 1.807) is 0 Å². The maximum Gasteiger partial charge on any atom is 0.155 e. The Kier molecular flexibility index (Phi) is 5.37. The third kappa shape index (κ3) is 3.62. The molecule has 0 aliphatic heterocycles. The Labute approximate surface area is 191 Å². The summed E-state index contributed by atoms with van der Waals surface area (Å²) < 4.78 is 8.52. The molecule has 3 aromatic carbocycles. The van der Waals surface area contributed by atoms with E-state index in [4.69, 9.17) is 16.3 Å². The number of halogens is 1. The van der Waals surface area contributed by atoms with Crippen molar-refractivity contribution in [3.05, 3.63) is 119 Å². The van der Waals surface area contributed by atoms with Crippen LogP contribution in [0.4, 0.5) is 0 Å². The zero-order valence-electron chi connectivity index (χ0n) is 17.2. The summed E-state index contributed by atoms with van der Waals surface area (Å²) in [6, 6.07) is 34.0. The van der Waals surface area contributed by atoms with E-state index in [-0.39, 0.29) is 0 Å². The fraction of sp³-hybridized carbons (Fsp3) is 0.0357. The molecule has 5 aromatic rings. The van der Waals surface area contributed by atoms with E-state index >= 15 is 0 Å². The van der Waals surface area contributed by atoms with E-state index in [1.807, 2.05) is 79.0 Å². The number of nitrogens with zero attached hydrogens (tertiary/aromatic N) is 2. The van der Waals surface area contributed by atoms with Gasteiger partial charge in [-0.3, -0.25) is 0 Å². The van der Waals surface area contributed by atoms with Crippen molar-refractivity contribution in [2.24, 2.45) is 0 Å². The summed E-state index contributed by atoms with van der Waals surface area (Å²) in [5, 5.41) is 10.6. The molecule has 0 aliphatic carbocycles. The molecule has 2 aromatic heterocycles. The van der Waals surface area contributed by atoms with E-state index in [0.29, 0.717) is 22.9 Å². The van der Waals surface area contributed by atoms with Crippen molar-refractivity contribution in [3.8, 4) is 34.2 Å². The van der Waals surface area contributed by atoms with E-state index in [2.05, 4.69) is 34.7 Å². The summed E-state index contributed by atoms with van der Waals surface area (Å²) >= 11 is 6.04. The molecular weight excluding hydrogens is 416 g/mol. The normalized spacial score (nSPS) is 10.8. The molecule has 0 unspecified atom stereocenters. The van der Waals surface area contributed by atoms with Gasteiger partial charge in [-0.05, 0) is 41.0 Å². The van der Waals surface area contributed by atoms with Crippen molar-refractivity contribution in [3.63, 3.8) is 0 Å². The zero-order valence-corrected chi connectivity index (χ0v) is 18.0. The van der Waals surface area contributed by atoms with Crippen LogP contribution in [-0.4, -0.2) is 4.40 Å². The summed E-state index contributed by atoms with van der Waals surface area (Å²) in [6.45, 7) is 0.366. The Hall–Kier alpha value is -4.00. The Morgan fingerprint density at radius 3 is 2.09 bits per heavy atom. The molecule has 0 saturated carbocycles. The van der Waals surface area contributed by atoms with Crippen molar-refractivity contribution >= 4 is 17.1 Å². The second kappa shape index (κ2) is 8.63. The van der Waals surface area contributed by atoms with Crippen molar-refractivity contribution in [2.75, 3.05) is 0 Å². The number of hydrogen-bond acceptors (Lipinski definition) is 2. The minimum absolute atomic E-state index is 0.366. The van der Waals surface area contributed by atoms with Crippen molar-refractivity contribution in [1.29, 1.82) is 5.26 Å². The average molecular weight is 435 g/mol. The first-order valence-corrected chi connectivity index (χ1v) is 10.7. The van der Waals surface area contributed by atoms with Crippen LogP contribution in [0.3, 0.4) is 0 Å². The van der Waals surface area contributed by atoms with Crippen LogP contribution in [0, 0.1) is 11.3 Å². The maximum atomic E-state index is 9.88. The number of rotatable bonds is 5. The molecule has 3 nitrogen and oxygen atoms in total. The largest absolute Gasteiger partial charge is 0.486 e. The molecule has 4 heteroatoms. The lowest BCUT2D eigenvalue weighted by molar-refractivity contribution is 0.311. The number of aromatic nitrogens is 1. The first-order valence-electron chi connectivity index (χ1n) is 10.3. The summed E-state index contributed by atoms with van der Waals surface area (Å²) in [7, 11) is 0. The van der Waals surface area contributed by atoms with Gasteiger partial charge in [0.1, 0.15) is 18.2 Å². The molecule has 5 rings (SSSR count). The highest BCUT2D eigenvalue weighted by molar-refractivity contribution is 6.30. The monoisotopic (exact) mass is 434 g/mol. The van der Waals surface area contributed by atoms with Crippen LogP contribution < -0.4 is 4.74 Å². The van der Waals surface area contributed by atoms with Crippen LogP contribution in [0.2, 0.25) is 5.02 Å². The van der Waals surface area contributed by atoms with Gasteiger partial charge >= 0.3 is 0 Å². The number of hydrogen-bond donors (Lipinski definition) is 0. The van der Waals surface area contributed by atoms with E-state index < -0.39 is 0 Å². The molecule has 154 valence electrons. The summed E-state index contributed by atoms with van der Waals surface area (Å²) in [5.74, 6) is 0.696. The highest BCUT2D eigenvalue weighted by atomic mass is 35.5. The lowest BCUT2D eigenvalue weighted by atomic mass is 10.0. The summed E-state index contributed by atoms with van der Waals surface area (Å²) in [4.78, 5) is 0. The number of nitriles is 1. The van der Waals surface area contributed by atoms with E-state index in [0.717, 1.165) is 33.5 Å². The van der Waals surface area contributed by atoms with Crippen LogP contribution in [0.5, 0.6) is 5.75 Å². The fourth-order valence-corrected chi connectivity index (χ4v) is 4.12. The molecule has 0 aliphatic rings. The second-order valence-electron chi connectivity index (χ2n) is 7.45. The molecule has 32 heavy (non-hydrogen) atoms. The van der Waals surface area contributed by atoms with Gasteiger partial charge in [0.2, 0.25) is 0 Å². The van der Waals surface area contributed by atoms with Gasteiger partial charge < -0.3 is 9.14 Å². The molecule has 0 spiro atoms. The maximum absolute atomic E-state index is 9.88. The molecule has 0 radical (unpaired) electrons. The van der Waals surface area contributed by atoms with E-state index in [1.165, 1.54) is 0 Å². The summed E-state index contributed by atoms with van der Waals surface area (Å²) in [6.07, 6.45) is 1.99. The third-order valence-electron chi connectivity index (χ3n) is 5.44. The second-order valence-corrected chi connectivity index (χ2v) is 7.89. The molecular formula is C28H19ClN2O. The van der Waals surface area contributed by atoms with Gasteiger partial charge in [0.05, 0.1) is 16.8 Å². The first-order chi connectivity index (χ1) is 15.8. The molecule has 0 bridgehead atoms. The van der Waals surface area contributed by atoms with Crippen LogP contribution in [-0.2, 0) is 6.61 Å². The Morgan fingerprint density at radius 1 is 0.781 bits per heavy atom. The van der Waals surface area contributed by atoms with Crippen LogP contribution >= 0.6 is 11.6 Å². The smallest absolute Gasteiger partial charge is 0.155 e. The number of fused-ring (bicyclic) bond motifs is 1. The fourth-order valence-electron chi connectivity index (χ4n) is 3.99. The third-order valence-corrected chi connectivity index (χ3v) is 5.69. The average Bonchev–Trinajstić information content (AvgIpc) is 3.19. The lowest BCUT2D eigenvalue weighted by Crippen LogP contribution is -1.97. The highest BCUT2D eigenvalue weighted by Crippen LogP contribution is 2.45. The van der Waals surface area contributed by atoms with Crippen molar-refractivity contribution < 1.29 is 4.74 Å². The van der Waals surface area contributed by atoms with Gasteiger partial charge in [0, 0.05) is 11.2 Å². The predicted molar refractivity (Wildman–Crippen MR) is 129 cm³/mol. The Morgan fingerprint density at radius 2 is 1.44 bits per heavy atom. The SMILES string of the molecule is N#Cc1cccn2c(-c3ccccc3)c(-c3ccccc3)c(OCc3ccc(Cl)cc3)c12. The first kappa shape index (κ1) is 19.9. The zero-order chi connectivity index (χ0) is 21.9. The molecule has 0 fully saturated rings. The van der Waals surface area contributed by atoms with Gasteiger partial charge in [0.15, 0.2) is 5.75 Å². The predicted octanol–water partition coefficient (Wildman–Crippen LogP) is 7.38. The van der Waals surface area contributed by atoms with Crippen molar-refractivity contribution in [2.45, 2.75) is 6.61 Å². The Bertz CT molecular complexity index is 1420. The number of ether oxygens (including phenoxy) is 1. The molecule has 0 N–H and O–H groups in total. The molecule has 0 atom stereocenters. The highest BCUT2D eigenvalue weighted by Gasteiger charge is 2.24. The molecule has 0 saturated heterocycles. The van der Waals surface area contributed by atoms with Crippen LogP contribution in [0.15, 0.2) is 103 Å². The van der Waals surface area contributed by atoms with Gasteiger partial charge in [0.25, 0.3) is 0 Å². The van der Waals surface area contributed by atoms with Crippen LogP contribution in [0.1, 0.15) is 11.1 Å². The standard InChI is InChI=1S/C28H19ClN2O/c29-24-15-13-20(14-16-24)19-32-28-25(21-8-3-1-4-9-21)26(22-10-5-2-6-11-22)31-17-7-12-23(18-30)27(28)31/h1-17H,19H2. The summed E-state index contributed by atoms with van der Waals surface area (Å²) in [5.41, 5.74) is 6.38. The van der Waals surface area contributed by atoms with Crippen LogP contribution in [0.25, 0.3) is 27.9 Å². The van der Waals surface area contributed by atoms with Gasteiger partial charge in [-0.25, -0.2) is 0 Å².